The quantitative estimate of drug-likeness (QED) is 0.585. The molecular formula is C6H9N3O. The van der Waals surface area contributed by atoms with E-state index in [1.165, 1.54) is 13.3 Å². The van der Waals surface area contributed by atoms with E-state index >= 15 is 0 Å². The summed E-state index contributed by atoms with van der Waals surface area (Å²) in [5, 5.41) is 0. The van der Waals surface area contributed by atoms with Crippen LogP contribution < -0.4 is 16.2 Å². The summed E-state index contributed by atoms with van der Waals surface area (Å²) < 4.78 is 4.86. The molecule has 4 heteroatoms. The summed E-state index contributed by atoms with van der Waals surface area (Å²) in [6.45, 7) is 0. The van der Waals surface area contributed by atoms with Gasteiger partial charge in [-0.2, -0.15) is 0 Å². The highest BCUT2D eigenvalue weighted by atomic mass is 16.5. The van der Waals surface area contributed by atoms with Crippen LogP contribution in [0.5, 0.6) is 5.75 Å². The standard InChI is InChI=1S/C6H9N3O/c1-10-5-4(7)2-3-9-6(5)8/h2-3H,1H3,(H4,7,8,9). The monoisotopic (exact) mass is 139 g/mol. The molecule has 0 atom stereocenters. The fraction of sp³-hybridized carbons (Fsp3) is 0.167. The maximum Gasteiger partial charge on any atom is 0.183 e. The van der Waals surface area contributed by atoms with E-state index in [0.717, 1.165) is 0 Å². The maximum atomic E-state index is 5.49. The van der Waals surface area contributed by atoms with E-state index in [2.05, 4.69) is 4.98 Å². The molecule has 0 aliphatic carbocycles. The molecule has 1 aromatic heterocycles. The van der Waals surface area contributed by atoms with E-state index in [9.17, 15) is 0 Å². The van der Waals surface area contributed by atoms with E-state index in [1.807, 2.05) is 0 Å². The van der Waals surface area contributed by atoms with Crippen molar-refractivity contribution >= 4 is 11.5 Å². The van der Waals surface area contributed by atoms with Gasteiger partial charge >= 0.3 is 0 Å². The normalized spacial score (nSPS) is 9.30. The summed E-state index contributed by atoms with van der Waals surface area (Å²) in [5.41, 5.74) is 11.4. The maximum absolute atomic E-state index is 5.49. The van der Waals surface area contributed by atoms with Gasteiger partial charge in [0.25, 0.3) is 0 Å². The predicted molar refractivity (Wildman–Crippen MR) is 39.6 cm³/mol. The molecule has 0 saturated carbocycles. The number of nitrogens with zero attached hydrogens (tertiary/aromatic N) is 1. The van der Waals surface area contributed by atoms with Crippen LogP contribution >= 0.6 is 0 Å². The molecule has 0 aliphatic heterocycles. The summed E-state index contributed by atoms with van der Waals surface area (Å²) in [7, 11) is 1.50. The van der Waals surface area contributed by atoms with Gasteiger partial charge in [0.1, 0.15) is 0 Å². The van der Waals surface area contributed by atoms with Crippen LogP contribution in [0.2, 0.25) is 0 Å². The van der Waals surface area contributed by atoms with Crippen molar-refractivity contribution in [2.45, 2.75) is 0 Å². The Bertz CT molecular complexity index is 216. The molecule has 0 amide bonds. The minimum atomic E-state index is 0.322. The molecule has 1 rings (SSSR count). The van der Waals surface area contributed by atoms with Gasteiger partial charge in [0, 0.05) is 6.20 Å². The number of rotatable bonds is 1. The second-order valence-corrected chi connectivity index (χ2v) is 1.82. The third kappa shape index (κ3) is 0.953. The molecule has 54 valence electrons. The van der Waals surface area contributed by atoms with E-state index in [1.54, 1.807) is 6.07 Å². The zero-order valence-electron chi connectivity index (χ0n) is 5.66. The number of ether oxygens (including phenoxy) is 1. The van der Waals surface area contributed by atoms with Crippen LogP contribution in [0.4, 0.5) is 11.5 Å². The summed E-state index contributed by atoms with van der Waals surface area (Å²) in [5.74, 6) is 0.769. The molecule has 0 saturated heterocycles. The van der Waals surface area contributed by atoms with Crippen molar-refractivity contribution in [2.24, 2.45) is 0 Å². The van der Waals surface area contributed by atoms with Crippen LogP contribution in [0.15, 0.2) is 12.3 Å². The smallest absolute Gasteiger partial charge is 0.183 e. The average molecular weight is 139 g/mol. The summed E-state index contributed by atoms with van der Waals surface area (Å²) in [6.07, 6.45) is 1.53. The average Bonchev–Trinajstić information content (AvgIpc) is 1.88. The Hall–Kier alpha value is -1.45. The first kappa shape index (κ1) is 6.67. The molecule has 0 radical (unpaired) electrons. The Balaban J connectivity index is 3.17. The first-order valence-corrected chi connectivity index (χ1v) is 2.79. The van der Waals surface area contributed by atoms with Crippen molar-refractivity contribution in [1.29, 1.82) is 0 Å². The van der Waals surface area contributed by atoms with Crippen molar-refractivity contribution in [3.63, 3.8) is 0 Å². The van der Waals surface area contributed by atoms with Gasteiger partial charge in [-0.05, 0) is 6.07 Å². The largest absolute Gasteiger partial charge is 0.491 e. The lowest BCUT2D eigenvalue weighted by atomic mass is 10.4. The van der Waals surface area contributed by atoms with Crippen LogP contribution in [-0.4, -0.2) is 12.1 Å². The Labute approximate surface area is 58.8 Å². The molecule has 1 aromatic rings. The summed E-state index contributed by atoms with van der Waals surface area (Å²) in [4.78, 5) is 3.78. The lowest BCUT2D eigenvalue weighted by Crippen LogP contribution is -1.98. The van der Waals surface area contributed by atoms with E-state index in [-0.39, 0.29) is 0 Å². The number of anilines is 2. The number of hydrogen-bond donors (Lipinski definition) is 2. The van der Waals surface area contributed by atoms with Gasteiger partial charge < -0.3 is 16.2 Å². The van der Waals surface area contributed by atoms with Gasteiger partial charge in [-0.1, -0.05) is 0 Å². The third-order valence-corrected chi connectivity index (χ3v) is 1.17. The highest BCUT2D eigenvalue weighted by Crippen LogP contribution is 2.24. The minimum absolute atomic E-state index is 0.322. The van der Waals surface area contributed by atoms with Gasteiger partial charge in [0.15, 0.2) is 11.6 Å². The first-order valence-electron chi connectivity index (χ1n) is 2.79. The minimum Gasteiger partial charge on any atom is -0.491 e. The van der Waals surface area contributed by atoms with Crippen molar-refractivity contribution < 1.29 is 4.74 Å². The summed E-state index contributed by atoms with van der Waals surface area (Å²) in [6, 6.07) is 1.63. The van der Waals surface area contributed by atoms with Crippen LogP contribution in [0, 0.1) is 0 Å². The number of hydrogen-bond acceptors (Lipinski definition) is 4. The molecule has 4 N–H and O–H groups in total. The third-order valence-electron chi connectivity index (χ3n) is 1.17. The number of aromatic nitrogens is 1. The molecule has 4 nitrogen and oxygen atoms in total. The Morgan fingerprint density at radius 2 is 2.20 bits per heavy atom. The highest BCUT2D eigenvalue weighted by molar-refractivity contribution is 5.62. The molecule has 0 fully saturated rings. The Kier molecular flexibility index (Phi) is 1.62. The molecule has 0 unspecified atom stereocenters. The second kappa shape index (κ2) is 2.43. The molecule has 0 bridgehead atoms. The first-order chi connectivity index (χ1) is 4.75. The van der Waals surface area contributed by atoms with Crippen LogP contribution in [-0.2, 0) is 0 Å². The van der Waals surface area contributed by atoms with Crippen LogP contribution in [0.1, 0.15) is 0 Å². The zero-order chi connectivity index (χ0) is 7.56. The summed E-state index contributed by atoms with van der Waals surface area (Å²) >= 11 is 0. The van der Waals surface area contributed by atoms with Gasteiger partial charge in [0.2, 0.25) is 0 Å². The number of pyridine rings is 1. The molecular weight excluding hydrogens is 130 g/mol. The molecule has 0 aromatic carbocycles. The predicted octanol–water partition coefficient (Wildman–Crippen LogP) is 0.255. The molecule has 10 heavy (non-hydrogen) atoms. The van der Waals surface area contributed by atoms with Gasteiger partial charge in [-0.3, -0.25) is 0 Å². The van der Waals surface area contributed by atoms with Crippen molar-refractivity contribution in [2.75, 3.05) is 18.6 Å². The number of nitrogen functional groups attached to an aromatic ring is 2. The second-order valence-electron chi connectivity index (χ2n) is 1.82. The molecule has 0 spiro atoms. The van der Waals surface area contributed by atoms with Gasteiger partial charge in [-0.15, -0.1) is 0 Å². The SMILES string of the molecule is COc1c(N)ccnc1N. The topological polar surface area (TPSA) is 74.2 Å². The fourth-order valence-electron chi connectivity index (χ4n) is 0.702. The van der Waals surface area contributed by atoms with Crippen molar-refractivity contribution in [3.8, 4) is 5.75 Å². The Morgan fingerprint density at radius 3 is 2.60 bits per heavy atom. The molecule has 1 heterocycles. The van der Waals surface area contributed by atoms with E-state index < -0.39 is 0 Å². The van der Waals surface area contributed by atoms with Gasteiger partial charge in [0.05, 0.1) is 12.8 Å². The zero-order valence-corrected chi connectivity index (χ0v) is 5.66. The Morgan fingerprint density at radius 1 is 1.50 bits per heavy atom. The van der Waals surface area contributed by atoms with Crippen LogP contribution in [0.25, 0.3) is 0 Å². The highest BCUT2D eigenvalue weighted by Gasteiger charge is 2.01. The lowest BCUT2D eigenvalue weighted by molar-refractivity contribution is 0.417. The number of methoxy groups -OCH3 is 1. The number of nitrogens with two attached hydrogens (primary N) is 2. The van der Waals surface area contributed by atoms with E-state index in [0.29, 0.717) is 17.3 Å². The lowest BCUT2D eigenvalue weighted by Gasteiger charge is -2.04. The van der Waals surface area contributed by atoms with E-state index in [4.69, 9.17) is 16.2 Å². The fourth-order valence-corrected chi connectivity index (χ4v) is 0.702. The van der Waals surface area contributed by atoms with Crippen LogP contribution in [0.3, 0.4) is 0 Å². The molecule has 0 aliphatic rings. The van der Waals surface area contributed by atoms with Crippen molar-refractivity contribution in [1.82, 2.24) is 4.98 Å². The van der Waals surface area contributed by atoms with Crippen molar-refractivity contribution in [3.05, 3.63) is 12.3 Å². The van der Waals surface area contributed by atoms with Gasteiger partial charge in [-0.25, -0.2) is 4.98 Å².